The van der Waals surface area contributed by atoms with Crippen molar-refractivity contribution in [1.82, 2.24) is 0 Å². The van der Waals surface area contributed by atoms with Gasteiger partial charge < -0.3 is 10.1 Å². The van der Waals surface area contributed by atoms with Crippen LogP contribution in [0.3, 0.4) is 0 Å². The molecule has 126 valence electrons. The molecule has 0 spiro atoms. The van der Waals surface area contributed by atoms with Gasteiger partial charge in [0, 0.05) is 5.69 Å². The largest absolute Gasteiger partial charge is 0.449 e. The molecule has 3 rings (SSSR count). The number of ether oxygens (including phenoxy) is 1. The zero-order valence-corrected chi connectivity index (χ0v) is 13.9. The zero-order chi connectivity index (χ0) is 17.8. The highest BCUT2D eigenvalue weighted by Crippen LogP contribution is 2.25. The lowest BCUT2D eigenvalue weighted by Gasteiger charge is -2.14. The minimum atomic E-state index is -0.938. The summed E-state index contributed by atoms with van der Waals surface area (Å²) in [7, 11) is 0. The van der Waals surface area contributed by atoms with Crippen LogP contribution in [0.1, 0.15) is 40.4 Å². The molecule has 0 aromatic heterocycles. The van der Waals surface area contributed by atoms with Crippen molar-refractivity contribution >= 4 is 17.6 Å². The van der Waals surface area contributed by atoms with Crippen LogP contribution in [0.15, 0.2) is 42.5 Å². The summed E-state index contributed by atoms with van der Waals surface area (Å²) < 4.78 is 5.20. The van der Waals surface area contributed by atoms with Crippen molar-refractivity contribution < 1.29 is 14.3 Å². The molecule has 0 unspecified atom stereocenters. The first-order valence-corrected chi connectivity index (χ1v) is 8.20. The Morgan fingerprint density at radius 3 is 2.76 bits per heavy atom. The third kappa shape index (κ3) is 3.86. The topological polar surface area (TPSA) is 79.2 Å². The smallest absolute Gasteiger partial charge is 0.338 e. The van der Waals surface area contributed by atoms with Crippen molar-refractivity contribution in [3.63, 3.8) is 0 Å². The zero-order valence-electron chi connectivity index (χ0n) is 13.9. The van der Waals surface area contributed by atoms with Crippen LogP contribution in [0.25, 0.3) is 0 Å². The van der Waals surface area contributed by atoms with Crippen LogP contribution >= 0.6 is 0 Å². The number of carbonyl (C=O) groups is 2. The number of fused-ring (bicyclic) bond motifs is 1. The molecule has 25 heavy (non-hydrogen) atoms. The molecular weight excluding hydrogens is 316 g/mol. The van der Waals surface area contributed by atoms with Crippen LogP contribution in [0, 0.1) is 11.3 Å². The Balaban J connectivity index is 1.62. The van der Waals surface area contributed by atoms with E-state index in [1.54, 1.807) is 18.2 Å². The van der Waals surface area contributed by atoms with E-state index in [4.69, 9.17) is 10.00 Å². The van der Waals surface area contributed by atoms with E-state index in [0.29, 0.717) is 11.3 Å². The first kappa shape index (κ1) is 16.7. The maximum Gasteiger partial charge on any atom is 0.338 e. The Bertz CT molecular complexity index is 867. The maximum absolute atomic E-state index is 12.3. The van der Waals surface area contributed by atoms with Crippen LogP contribution in [0.4, 0.5) is 5.69 Å². The second kappa shape index (κ2) is 7.18. The number of esters is 1. The highest BCUT2D eigenvalue weighted by Gasteiger charge is 2.20. The minimum Gasteiger partial charge on any atom is -0.449 e. The van der Waals surface area contributed by atoms with Gasteiger partial charge >= 0.3 is 5.97 Å². The van der Waals surface area contributed by atoms with Crippen molar-refractivity contribution in [3.05, 3.63) is 64.7 Å². The van der Waals surface area contributed by atoms with Crippen LogP contribution in [0.2, 0.25) is 0 Å². The van der Waals surface area contributed by atoms with Crippen molar-refractivity contribution in [2.24, 2.45) is 0 Å². The predicted octanol–water partition coefficient (Wildman–Crippen LogP) is 3.23. The van der Waals surface area contributed by atoms with Gasteiger partial charge in [0.2, 0.25) is 0 Å². The molecule has 0 bridgehead atoms. The van der Waals surface area contributed by atoms with Crippen molar-refractivity contribution in [2.75, 3.05) is 5.32 Å². The summed E-state index contributed by atoms with van der Waals surface area (Å²) in [5, 5.41) is 11.7. The van der Waals surface area contributed by atoms with E-state index in [2.05, 4.69) is 5.32 Å². The van der Waals surface area contributed by atoms with E-state index in [1.165, 1.54) is 24.1 Å². The lowest BCUT2D eigenvalue weighted by molar-refractivity contribution is -0.123. The molecule has 0 heterocycles. The number of nitriles is 1. The van der Waals surface area contributed by atoms with Crippen LogP contribution in [0.5, 0.6) is 0 Å². The number of rotatable bonds is 4. The molecular formula is C20H18N2O3. The van der Waals surface area contributed by atoms with Crippen LogP contribution < -0.4 is 5.32 Å². The molecule has 5 heteroatoms. The van der Waals surface area contributed by atoms with Gasteiger partial charge in [0.1, 0.15) is 0 Å². The summed E-state index contributed by atoms with van der Waals surface area (Å²) in [5.41, 5.74) is 3.91. The number of carbonyl (C=O) groups excluding carboxylic acids is 2. The Morgan fingerprint density at radius 1 is 1.16 bits per heavy atom. The second-order valence-corrected chi connectivity index (χ2v) is 6.07. The average molecular weight is 334 g/mol. The van der Waals surface area contributed by atoms with Crippen molar-refractivity contribution in [3.8, 4) is 6.07 Å². The molecule has 0 saturated carbocycles. The van der Waals surface area contributed by atoms with Gasteiger partial charge in [0.15, 0.2) is 6.10 Å². The molecule has 1 N–H and O–H groups in total. The number of hydrogen-bond donors (Lipinski definition) is 1. The fraction of sp³-hybridized carbons (Fsp3) is 0.250. The highest BCUT2D eigenvalue weighted by molar-refractivity contribution is 5.97. The van der Waals surface area contributed by atoms with Gasteiger partial charge in [0.25, 0.3) is 5.91 Å². The van der Waals surface area contributed by atoms with Gasteiger partial charge in [-0.2, -0.15) is 5.26 Å². The third-order valence-electron chi connectivity index (χ3n) is 4.25. The van der Waals surface area contributed by atoms with Gasteiger partial charge in [-0.25, -0.2) is 4.79 Å². The fourth-order valence-corrected chi connectivity index (χ4v) is 2.89. The van der Waals surface area contributed by atoms with Crippen LogP contribution in [-0.4, -0.2) is 18.0 Å². The van der Waals surface area contributed by atoms with Gasteiger partial charge in [-0.3, -0.25) is 4.79 Å². The SMILES string of the molecule is C[C@H](OC(=O)c1cccc(C#N)c1)C(=O)Nc1ccc2c(c1)CCC2. The summed E-state index contributed by atoms with van der Waals surface area (Å²) in [6.45, 7) is 1.52. The molecule has 5 nitrogen and oxygen atoms in total. The molecule has 2 aromatic rings. The second-order valence-electron chi connectivity index (χ2n) is 6.07. The van der Waals surface area contributed by atoms with E-state index < -0.39 is 12.1 Å². The molecule has 1 atom stereocenters. The van der Waals surface area contributed by atoms with Crippen LogP contribution in [-0.2, 0) is 22.4 Å². The minimum absolute atomic E-state index is 0.247. The summed E-state index contributed by atoms with van der Waals surface area (Å²) in [6.07, 6.45) is 2.31. The van der Waals surface area contributed by atoms with Gasteiger partial charge in [-0.05, 0) is 67.6 Å². The molecule has 1 aliphatic rings. The fourth-order valence-electron chi connectivity index (χ4n) is 2.89. The number of nitrogens with zero attached hydrogens (tertiary/aromatic N) is 1. The van der Waals surface area contributed by atoms with E-state index in [-0.39, 0.29) is 11.5 Å². The number of benzene rings is 2. The highest BCUT2D eigenvalue weighted by atomic mass is 16.5. The van der Waals surface area contributed by atoms with E-state index >= 15 is 0 Å². The van der Waals surface area contributed by atoms with E-state index in [1.807, 2.05) is 24.3 Å². The number of hydrogen-bond acceptors (Lipinski definition) is 4. The average Bonchev–Trinajstić information content (AvgIpc) is 3.09. The number of nitrogens with one attached hydrogen (secondary N) is 1. The molecule has 0 radical (unpaired) electrons. The summed E-state index contributed by atoms with van der Waals surface area (Å²) in [6, 6.07) is 14.0. The Morgan fingerprint density at radius 2 is 1.96 bits per heavy atom. The van der Waals surface area contributed by atoms with Gasteiger partial charge in [-0.1, -0.05) is 12.1 Å². The summed E-state index contributed by atoms with van der Waals surface area (Å²) in [4.78, 5) is 24.4. The standard InChI is InChI=1S/C20H18N2O3/c1-13(25-20(24)17-7-2-4-14(10-17)12-21)19(23)22-18-9-8-15-5-3-6-16(15)11-18/h2,4,7-11,13H,3,5-6H2,1H3,(H,22,23)/t13-/m0/s1. The van der Waals surface area contributed by atoms with Gasteiger partial charge in [0.05, 0.1) is 17.2 Å². The first-order chi connectivity index (χ1) is 12.1. The number of anilines is 1. The van der Waals surface area contributed by atoms with E-state index in [9.17, 15) is 9.59 Å². The quantitative estimate of drug-likeness (QED) is 0.871. The number of amides is 1. The Labute approximate surface area is 146 Å². The molecule has 0 aliphatic heterocycles. The molecule has 1 aliphatic carbocycles. The molecule has 0 fully saturated rings. The lowest BCUT2D eigenvalue weighted by Crippen LogP contribution is -2.30. The Hall–Kier alpha value is -3.13. The summed E-state index contributed by atoms with van der Waals surface area (Å²) in [5.74, 6) is -1.02. The van der Waals surface area contributed by atoms with Gasteiger partial charge in [-0.15, -0.1) is 0 Å². The molecule has 0 saturated heterocycles. The number of aryl methyl sites for hydroxylation is 2. The third-order valence-corrected chi connectivity index (χ3v) is 4.25. The Kier molecular flexibility index (Phi) is 4.80. The first-order valence-electron chi connectivity index (χ1n) is 8.20. The maximum atomic E-state index is 12.3. The van der Waals surface area contributed by atoms with E-state index in [0.717, 1.165) is 19.3 Å². The predicted molar refractivity (Wildman–Crippen MR) is 93.1 cm³/mol. The normalized spacial score (nSPS) is 13.4. The monoisotopic (exact) mass is 334 g/mol. The molecule has 1 amide bonds. The van der Waals surface area contributed by atoms with Crippen molar-refractivity contribution in [2.45, 2.75) is 32.3 Å². The molecule has 2 aromatic carbocycles. The summed E-state index contributed by atoms with van der Waals surface area (Å²) >= 11 is 0. The lowest BCUT2D eigenvalue weighted by atomic mass is 10.1. The van der Waals surface area contributed by atoms with Crippen molar-refractivity contribution in [1.29, 1.82) is 5.26 Å².